The Morgan fingerprint density at radius 3 is 2.57 bits per heavy atom. The second kappa shape index (κ2) is 8.91. The molecule has 2 saturated heterocycles. The van der Waals surface area contributed by atoms with Gasteiger partial charge in [-0.05, 0) is 43.5 Å². The Labute approximate surface area is 164 Å². The molecular formula is C19H25NO7S. The van der Waals surface area contributed by atoms with Crippen LogP contribution in [-0.2, 0) is 24.1 Å². The average molecular weight is 411 g/mol. The van der Waals surface area contributed by atoms with Gasteiger partial charge in [-0.15, -0.1) is 0 Å². The molecule has 28 heavy (non-hydrogen) atoms. The molecule has 0 unspecified atom stereocenters. The number of benzene rings is 1. The molecule has 2 heterocycles. The number of rotatable bonds is 7. The van der Waals surface area contributed by atoms with Crippen molar-refractivity contribution in [3.63, 3.8) is 0 Å². The average Bonchev–Trinajstić information content (AvgIpc) is 3.33. The monoisotopic (exact) mass is 411 g/mol. The fraction of sp³-hybridized carbons (Fsp3) is 0.579. The van der Waals surface area contributed by atoms with Crippen molar-refractivity contribution in [3.05, 3.63) is 29.8 Å². The maximum absolute atomic E-state index is 12.2. The van der Waals surface area contributed by atoms with Crippen molar-refractivity contribution < 1.29 is 32.2 Å². The number of nitrogens with zero attached hydrogens (tertiary/aromatic N) is 1. The number of hydrogen-bond donors (Lipinski definition) is 0. The third-order valence-corrected chi connectivity index (χ3v) is 6.78. The zero-order valence-corrected chi connectivity index (χ0v) is 16.7. The van der Waals surface area contributed by atoms with E-state index >= 15 is 0 Å². The van der Waals surface area contributed by atoms with Crippen LogP contribution in [0.25, 0.3) is 0 Å². The lowest BCUT2D eigenvalue weighted by atomic mass is 10.2. The van der Waals surface area contributed by atoms with Gasteiger partial charge in [-0.2, -0.15) is 0 Å². The van der Waals surface area contributed by atoms with Crippen LogP contribution in [0.5, 0.6) is 5.75 Å². The molecule has 3 rings (SSSR count). The molecule has 2 aliphatic rings. The van der Waals surface area contributed by atoms with E-state index in [1.165, 1.54) is 11.9 Å². The lowest BCUT2D eigenvalue weighted by Gasteiger charge is -2.23. The molecular weight excluding hydrogens is 386 g/mol. The Hall–Kier alpha value is -2.13. The summed E-state index contributed by atoms with van der Waals surface area (Å²) in [5.41, 5.74) is 0.309. The molecule has 9 heteroatoms. The first-order valence-corrected chi connectivity index (χ1v) is 11.1. The fourth-order valence-electron chi connectivity index (χ4n) is 3.25. The van der Waals surface area contributed by atoms with Gasteiger partial charge in [-0.3, -0.25) is 4.79 Å². The number of carbonyl (C=O) groups excluding carboxylic acids is 2. The highest BCUT2D eigenvalue weighted by atomic mass is 32.2. The fourth-order valence-corrected chi connectivity index (χ4v) is 5.02. The minimum Gasteiger partial charge on any atom is -0.491 e. The number of carbonyl (C=O) groups is 2. The topological polar surface area (TPSA) is 99.2 Å². The van der Waals surface area contributed by atoms with Gasteiger partial charge in [-0.1, -0.05) is 0 Å². The molecule has 154 valence electrons. The van der Waals surface area contributed by atoms with Crippen LogP contribution in [0.3, 0.4) is 0 Å². The van der Waals surface area contributed by atoms with Crippen LogP contribution in [0.2, 0.25) is 0 Å². The number of ether oxygens (including phenoxy) is 3. The van der Waals surface area contributed by atoms with E-state index in [2.05, 4.69) is 0 Å². The van der Waals surface area contributed by atoms with E-state index < -0.39 is 28.3 Å². The Balaban J connectivity index is 1.44. The minimum absolute atomic E-state index is 0.0451. The first-order chi connectivity index (χ1) is 13.3. The van der Waals surface area contributed by atoms with Crippen molar-refractivity contribution >= 4 is 21.7 Å². The highest BCUT2D eigenvalue weighted by molar-refractivity contribution is 7.91. The number of likely N-dealkylation sites (N-methyl/N-ethyl adjacent to an activating group) is 1. The molecule has 0 aliphatic carbocycles. The van der Waals surface area contributed by atoms with Crippen LogP contribution < -0.4 is 4.74 Å². The van der Waals surface area contributed by atoms with Gasteiger partial charge >= 0.3 is 5.97 Å². The van der Waals surface area contributed by atoms with Crippen LogP contribution >= 0.6 is 0 Å². The van der Waals surface area contributed by atoms with E-state index in [4.69, 9.17) is 14.2 Å². The third kappa shape index (κ3) is 5.45. The smallest absolute Gasteiger partial charge is 0.338 e. The lowest BCUT2D eigenvalue weighted by molar-refractivity contribution is -0.134. The molecule has 0 radical (unpaired) electrons. The van der Waals surface area contributed by atoms with Crippen molar-refractivity contribution in [2.45, 2.75) is 31.4 Å². The van der Waals surface area contributed by atoms with Crippen molar-refractivity contribution in [2.75, 3.05) is 38.4 Å². The van der Waals surface area contributed by atoms with Gasteiger partial charge < -0.3 is 19.1 Å². The SMILES string of the molecule is CN(C(=O)COC(=O)c1ccc(OC[C@@H]2CCCO2)cc1)[C@@H]1CCS(=O)(=O)C1. The molecule has 0 aromatic heterocycles. The standard InChI is InChI=1S/C19H25NO7S/c1-20(15-8-10-28(23,24)13-15)18(21)12-27-19(22)14-4-6-16(7-5-14)26-11-17-3-2-9-25-17/h4-7,15,17H,2-3,8-13H2,1H3/t15-,17+/m1/s1. The Bertz CT molecular complexity index is 800. The predicted octanol–water partition coefficient (Wildman–Crippen LogP) is 1.05. The van der Waals surface area contributed by atoms with E-state index in [0.29, 0.717) is 24.3 Å². The van der Waals surface area contributed by atoms with Crippen LogP contribution in [-0.4, -0.2) is 75.7 Å². The normalized spacial score (nSPS) is 23.3. The van der Waals surface area contributed by atoms with E-state index in [0.717, 1.165) is 19.4 Å². The molecule has 1 aromatic carbocycles. The summed E-state index contributed by atoms with van der Waals surface area (Å²) in [6.07, 6.45) is 2.55. The molecule has 0 saturated carbocycles. The molecule has 0 bridgehead atoms. The van der Waals surface area contributed by atoms with Gasteiger partial charge in [0.2, 0.25) is 0 Å². The van der Waals surface area contributed by atoms with Crippen molar-refractivity contribution in [1.29, 1.82) is 0 Å². The third-order valence-electron chi connectivity index (χ3n) is 5.03. The molecule has 2 aliphatic heterocycles. The molecule has 0 spiro atoms. The van der Waals surface area contributed by atoms with Gasteiger partial charge in [0, 0.05) is 19.7 Å². The predicted molar refractivity (Wildman–Crippen MR) is 101 cm³/mol. The van der Waals surface area contributed by atoms with E-state index in [1.807, 2.05) is 0 Å². The minimum atomic E-state index is -3.08. The number of esters is 1. The van der Waals surface area contributed by atoms with Crippen LogP contribution in [0.15, 0.2) is 24.3 Å². The van der Waals surface area contributed by atoms with Gasteiger partial charge in [0.25, 0.3) is 5.91 Å². The van der Waals surface area contributed by atoms with Crippen LogP contribution in [0, 0.1) is 0 Å². The van der Waals surface area contributed by atoms with Gasteiger partial charge in [0.1, 0.15) is 12.4 Å². The molecule has 2 fully saturated rings. The Kier molecular flexibility index (Phi) is 6.56. The Morgan fingerprint density at radius 1 is 1.21 bits per heavy atom. The molecule has 8 nitrogen and oxygen atoms in total. The largest absolute Gasteiger partial charge is 0.491 e. The first-order valence-electron chi connectivity index (χ1n) is 9.32. The maximum Gasteiger partial charge on any atom is 0.338 e. The van der Waals surface area contributed by atoms with Crippen molar-refractivity contribution in [2.24, 2.45) is 0 Å². The van der Waals surface area contributed by atoms with Crippen LogP contribution in [0.1, 0.15) is 29.6 Å². The summed E-state index contributed by atoms with van der Waals surface area (Å²) < 4.78 is 39.2. The summed E-state index contributed by atoms with van der Waals surface area (Å²) in [7, 11) is -1.55. The van der Waals surface area contributed by atoms with Gasteiger partial charge in [-0.25, -0.2) is 13.2 Å². The quantitative estimate of drug-likeness (QED) is 0.618. The van der Waals surface area contributed by atoms with Gasteiger partial charge in [0.15, 0.2) is 16.4 Å². The van der Waals surface area contributed by atoms with Crippen LogP contribution in [0.4, 0.5) is 0 Å². The molecule has 1 aromatic rings. The summed E-state index contributed by atoms with van der Waals surface area (Å²) in [6.45, 7) is 0.813. The molecule has 2 atom stereocenters. The summed E-state index contributed by atoms with van der Waals surface area (Å²) >= 11 is 0. The maximum atomic E-state index is 12.2. The molecule has 1 amide bonds. The summed E-state index contributed by atoms with van der Waals surface area (Å²) in [4.78, 5) is 25.6. The summed E-state index contributed by atoms with van der Waals surface area (Å²) in [5.74, 6) is -0.379. The highest BCUT2D eigenvalue weighted by Crippen LogP contribution is 2.18. The van der Waals surface area contributed by atoms with Crippen molar-refractivity contribution in [3.8, 4) is 5.75 Å². The Morgan fingerprint density at radius 2 is 1.96 bits per heavy atom. The number of sulfone groups is 1. The van der Waals surface area contributed by atoms with E-state index in [-0.39, 0.29) is 23.7 Å². The van der Waals surface area contributed by atoms with Gasteiger partial charge in [0.05, 0.1) is 23.2 Å². The number of amides is 1. The second-order valence-corrected chi connectivity index (χ2v) is 9.34. The zero-order chi connectivity index (χ0) is 20.1. The highest BCUT2D eigenvalue weighted by Gasteiger charge is 2.33. The first kappa shape index (κ1) is 20.6. The zero-order valence-electron chi connectivity index (χ0n) is 15.8. The summed E-state index contributed by atoms with van der Waals surface area (Å²) in [5, 5.41) is 0. The molecule has 0 N–H and O–H groups in total. The van der Waals surface area contributed by atoms with E-state index in [1.54, 1.807) is 24.3 Å². The number of hydrogen-bond acceptors (Lipinski definition) is 7. The second-order valence-electron chi connectivity index (χ2n) is 7.11. The van der Waals surface area contributed by atoms with Crippen molar-refractivity contribution in [1.82, 2.24) is 4.90 Å². The lowest BCUT2D eigenvalue weighted by Crippen LogP contribution is -2.40. The summed E-state index contributed by atoms with van der Waals surface area (Å²) in [6, 6.07) is 6.12. The van der Waals surface area contributed by atoms with E-state index in [9.17, 15) is 18.0 Å².